The number of hydrogen-bond donors (Lipinski definition) is 1. The highest BCUT2D eigenvalue weighted by molar-refractivity contribution is 9.10. The van der Waals surface area contributed by atoms with Crippen molar-refractivity contribution in [3.05, 3.63) is 93.0 Å². The molecule has 0 aromatic heterocycles. The van der Waals surface area contributed by atoms with Gasteiger partial charge in [0.25, 0.3) is 5.91 Å². The van der Waals surface area contributed by atoms with Crippen molar-refractivity contribution in [3.8, 4) is 23.6 Å². The number of anilines is 1. The predicted octanol–water partition coefficient (Wildman–Crippen LogP) is 6.15. The molecule has 0 saturated heterocycles. The van der Waals surface area contributed by atoms with Crippen molar-refractivity contribution in [1.29, 1.82) is 10.5 Å². The Balaban J connectivity index is 1.87. The summed E-state index contributed by atoms with van der Waals surface area (Å²) < 4.78 is 12.3. The fourth-order valence-electron chi connectivity index (χ4n) is 3.18. The zero-order valence-corrected chi connectivity index (χ0v) is 20.3. The molecule has 0 spiro atoms. The maximum atomic E-state index is 12.7. The van der Waals surface area contributed by atoms with Crippen LogP contribution in [0.15, 0.2) is 70.7 Å². The minimum atomic E-state index is -0.508. The summed E-state index contributed by atoms with van der Waals surface area (Å²) in [4.78, 5) is 12.7. The average Bonchev–Trinajstić information content (AvgIpc) is 2.83. The molecule has 0 saturated carbocycles. The maximum absolute atomic E-state index is 12.7. The van der Waals surface area contributed by atoms with Gasteiger partial charge in [-0.15, -0.1) is 0 Å². The lowest BCUT2D eigenvalue weighted by Crippen LogP contribution is -2.13. The molecule has 0 aliphatic heterocycles. The molecule has 0 unspecified atom stereocenters. The quantitative estimate of drug-likeness (QED) is 0.286. The van der Waals surface area contributed by atoms with Crippen LogP contribution in [0.3, 0.4) is 0 Å². The highest BCUT2D eigenvalue weighted by atomic mass is 79.9. The Morgan fingerprint density at radius 2 is 1.82 bits per heavy atom. The number of carbonyl (C=O) groups is 1. The van der Waals surface area contributed by atoms with Gasteiger partial charge in [-0.2, -0.15) is 10.5 Å². The minimum absolute atomic E-state index is 0.0544. The lowest BCUT2D eigenvalue weighted by Gasteiger charge is -2.15. The normalized spacial score (nSPS) is 10.7. The molecule has 1 N–H and O–H groups in total. The molecule has 0 fully saturated rings. The largest absolute Gasteiger partial charge is 0.490 e. The van der Waals surface area contributed by atoms with Crippen molar-refractivity contribution in [3.63, 3.8) is 0 Å². The van der Waals surface area contributed by atoms with Gasteiger partial charge in [-0.05, 0) is 61.4 Å². The summed E-state index contributed by atoms with van der Waals surface area (Å²) in [7, 11) is 0. The fraction of sp³-hybridized carbons (Fsp3) is 0.148. The van der Waals surface area contributed by atoms with Crippen molar-refractivity contribution in [2.75, 3.05) is 11.9 Å². The third-order valence-corrected chi connectivity index (χ3v) is 5.51. The molecule has 0 aliphatic rings. The summed E-state index contributed by atoms with van der Waals surface area (Å²) in [5.41, 5.74) is 3.44. The fourth-order valence-corrected chi connectivity index (χ4v) is 3.62. The van der Waals surface area contributed by atoms with Crippen LogP contribution in [-0.2, 0) is 11.4 Å². The molecule has 6 nitrogen and oxygen atoms in total. The van der Waals surface area contributed by atoms with Gasteiger partial charge in [0.2, 0.25) is 0 Å². The van der Waals surface area contributed by atoms with Crippen molar-refractivity contribution >= 4 is 33.6 Å². The number of aryl methyl sites for hydroxylation is 1. The van der Waals surface area contributed by atoms with Gasteiger partial charge in [0, 0.05) is 15.7 Å². The standard InChI is InChI=1S/C27H22BrN3O3/c1-3-33-25-13-21(12-22(16-30)27(32)31-23-10-6-7-18(2)11-23)24(28)14-26(25)34-17-20-9-5-4-8-19(20)15-29/h4-14H,3,17H2,1-2H3,(H,31,32)/b22-12+. The number of amides is 1. The van der Waals surface area contributed by atoms with Crippen molar-refractivity contribution in [2.24, 2.45) is 0 Å². The van der Waals surface area contributed by atoms with E-state index in [9.17, 15) is 15.3 Å². The molecular weight excluding hydrogens is 494 g/mol. The van der Waals surface area contributed by atoms with E-state index in [1.165, 1.54) is 6.08 Å². The first-order valence-electron chi connectivity index (χ1n) is 10.5. The number of nitrogens with one attached hydrogen (secondary N) is 1. The van der Waals surface area contributed by atoms with E-state index in [1.54, 1.807) is 30.3 Å². The molecule has 34 heavy (non-hydrogen) atoms. The molecular formula is C27H22BrN3O3. The van der Waals surface area contributed by atoms with Crippen LogP contribution in [0.5, 0.6) is 11.5 Å². The van der Waals surface area contributed by atoms with Crippen LogP contribution in [0.1, 0.15) is 29.2 Å². The topological polar surface area (TPSA) is 95.1 Å². The summed E-state index contributed by atoms with van der Waals surface area (Å²) in [5, 5.41) is 21.6. The molecule has 0 atom stereocenters. The first-order chi connectivity index (χ1) is 16.4. The van der Waals surface area contributed by atoms with Gasteiger partial charge in [0.1, 0.15) is 18.2 Å². The van der Waals surface area contributed by atoms with E-state index < -0.39 is 5.91 Å². The van der Waals surface area contributed by atoms with Gasteiger partial charge in [-0.1, -0.05) is 46.3 Å². The molecule has 0 aliphatic carbocycles. The van der Waals surface area contributed by atoms with E-state index in [1.807, 2.05) is 50.2 Å². The lowest BCUT2D eigenvalue weighted by molar-refractivity contribution is -0.112. The third kappa shape index (κ3) is 6.25. The molecule has 0 bridgehead atoms. The van der Waals surface area contributed by atoms with E-state index in [2.05, 4.69) is 27.3 Å². The van der Waals surface area contributed by atoms with Crippen LogP contribution < -0.4 is 14.8 Å². The molecule has 3 aromatic rings. The zero-order chi connectivity index (χ0) is 24.5. The Bertz CT molecular complexity index is 1320. The summed E-state index contributed by atoms with van der Waals surface area (Å²) in [6.45, 7) is 4.36. The first kappa shape index (κ1) is 24.6. The van der Waals surface area contributed by atoms with E-state index in [4.69, 9.17) is 9.47 Å². The number of ether oxygens (including phenoxy) is 2. The monoisotopic (exact) mass is 515 g/mol. The maximum Gasteiger partial charge on any atom is 0.266 e. The third-order valence-electron chi connectivity index (χ3n) is 4.82. The molecule has 0 radical (unpaired) electrons. The van der Waals surface area contributed by atoms with Crippen LogP contribution in [0.25, 0.3) is 6.08 Å². The summed E-state index contributed by atoms with van der Waals surface area (Å²) in [5.74, 6) is 0.426. The van der Waals surface area contributed by atoms with Gasteiger partial charge in [0.05, 0.1) is 18.2 Å². The van der Waals surface area contributed by atoms with Gasteiger partial charge in [0.15, 0.2) is 11.5 Å². The van der Waals surface area contributed by atoms with Gasteiger partial charge in [-0.25, -0.2) is 0 Å². The summed E-state index contributed by atoms with van der Waals surface area (Å²) in [6.07, 6.45) is 1.49. The van der Waals surface area contributed by atoms with E-state index in [0.29, 0.717) is 39.4 Å². The van der Waals surface area contributed by atoms with E-state index in [-0.39, 0.29) is 12.2 Å². The molecule has 0 heterocycles. The number of nitrogens with zero attached hydrogens (tertiary/aromatic N) is 2. The van der Waals surface area contributed by atoms with E-state index in [0.717, 1.165) is 11.1 Å². The number of benzene rings is 3. The Hall–Kier alpha value is -4.07. The molecule has 3 aromatic carbocycles. The number of hydrogen-bond acceptors (Lipinski definition) is 5. The second kappa shape index (κ2) is 11.7. The van der Waals surface area contributed by atoms with Crippen LogP contribution in [0, 0.1) is 29.6 Å². The zero-order valence-electron chi connectivity index (χ0n) is 18.8. The number of rotatable bonds is 8. The number of nitriles is 2. The van der Waals surface area contributed by atoms with Crippen molar-refractivity contribution < 1.29 is 14.3 Å². The van der Waals surface area contributed by atoms with Crippen molar-refractivity contribution in [1.82, 2.24) is 0 Å². The van der Waals surface area contributed by atoms with E-state index >= 15 is 0 Å². The molecule has 7 heteroatoms. The minimum Gasteiger partial charge on any atom is -0.490 e. The smallest absolute Gasteiger partial charge is 0.266 e. The highest BCUT2D eigenvalue weighted by Gasteiger charge is 2.15. The van der Waals surface area contributed by atoms with Crippen molar-refractivity contribution in [2.45, 2.75) is 20.5 Å². The SMILES string of the molecule is CCOc1cc(/C=C(\C#N)C(=O)Nc2cccc(C)c2)c(Br)cc1OCc1ccccc1C#N. The molecule has 1 amide bonds. The van der Waals surface area contributed by atoms with Gasteiger partial charge < -0.3 is 14.8 Å². The Labute approximate surface area is 207 Å². The van der Waals surface area contributed by atoms with Crippen LogP contribution in [-0.4, -0.2) is 12.5 Å². The Kier molecular flexibility index (Phi) is 8.45. The second-order valence-electron chi connectivity index (χ2n) is 7.30. The van der Waals surface area contributed by atoms with Gasteiger partial charge in [-0.3, -0.25) is 4.79 Å². The Morgan fingerprint density at radius 3 is 2.53 bits per heavy atom. The molecule has 170 valence electrons. The highest BCUT2D eigenvalue weighted by Crippen LogP contribution is 2.35. The van der Waals surface area contributed by atoms with Crippen LogP contribution in [0.2, 0.25) is 0 Å². The number of halogens is 1. The Morgan fingerprint density at radius 1 is 1.06 bits per heavy atom. The second-order valence-corrected chi connectivity index (χ2v) is 8.16. The molecule has 3 rings (SSSR count). The average molecular weight is 516 g/mol. The summed E-state index contributed by atoms with van der Waals surface area (Å²) >= 11 is 3.50. The number of carbonyl (C=O) groups excluding carboxylic acids is 1. The predicted molar refractivity (Wildman–Crippen MR) is 134 cm³/mol. The summed E-state index contributed by atoms with van der Waals surface area (Å²) in [6, 6.07) is 22.1. The van der Waals surface area contributed by atoms with Crippen LogP contribution in [0.4, 0.5) is 5.69 Å². The van der Waals surface area contributed by atoms with Crippen LogP contribution >= 0.6 is 15.9 Å². The lowest BCUT2D eigenvalue weighted by atomic mass is 10.1. The first-order valence-corrected chi connectivity index (χ1v) is 11.3. The van der Waals surface area contributed by atoms with Gasteiger partial charge >= 0.3 is 0 Å².